The van der Waals surface area contributed by atoms with Crippen molar-refractivity contribution in [2.45, 2.75) is 25.8 Å². The minimum atomic E-state index is 0. The average molecular weight is 370 g/mol. The zero-order chi connectivity index (χ0) is 12.5. The predicted molar refractivity (Wildman–Crippen MR) is 86.9 cm³/mol. The van der Waals surface area contributed by atoms with E-state index in [1.807, 2.05) is 0 Å². The van der Waals surface area contributed by atoms with E-state index in [2.05, 4.69) is 34.5 Å². The molecule has 0 radical (unpaired) electrons. The van der Waals surface area contributed by atoms with Crippen LogP contribution in [-0.2, 0) is 4.74 Å². The molecule has 0 aromatic rings. The van der Waals surface area contributed by atoms with Gasteiger partial charge in [-0.1, -0.05) is 0 Å². The molecule has 108 valence electrons. The number of nitrogens with one attached hydrogen (secondary N) is 2. The molecule has 0 saturated heterocycles. The first kappa shape index (κ1) is 17.9. The van der Waals surface area contributed by atoms with Gasteiger partial charge >= 0.3 is 0 Å². The molecule has 0 unspecified atom stereocenters. The number of hydrogen-bond donors (Lipinski definition) is 2. The quantitative estimate of drug-likeness (QED) is 0.379. The van der Waals surface area contributed by atoms with Crippen LogP contribution in [0.2, 0.25) is 0 Å². The van der Waals surface area contributed by atoms with E-state index >= 15 is 0 Å². The van der Waals surface area contributed by atoms with Crippen LogP contribution in [0.4, 0.5) is 0 Å². The van der Waals surface area contributed by atoms with Crippen LogP contribution in [0.3, 0.4) is 0 Å². The van der Waals surface area contributed by atoms with E-state index in [-0.39, 0.29) is 24.0 Å². The van der Waals surface area contributed by atoms with Crippen LogP contribution in [0.15, 0.2) is 4.99 Å². The van der Waals surface area contributed by atoms with Gasteiger partial charge in [0.15, 0.2) is 5.96 Å². The third-order valence-corrected chi connectivity index (χ3v) is 2.69. The van der Waals surface area contributed by atoms with Crippen LogP contribution >= 0.6 is 24.0 Å². The molecule has 0 aromatic heterocycles. The number of methoxy groups -OCH3 is 1. The highest BCUT2D eigenvalue weighted by atomic mass is 127. The monoisotopic (exact) mass is 370 g/mol. The molecular weight excluding hydrogens is 343 g/mol. The fraction of sp³-hybridized carbons (Fsp3) is 0.917. The Hall–Kier alpha value is -0.0800. The maximum absolute atomic E-state index is 5.04. The third kappa shape index (κ3) is 8.93. The zero-order valence-electron chi connectivity index (χ0n) is 11.7. The summed E-state index contributed by atoms with van der Waals surface area (Å²) in [5.74, 6) is 0.954. The van der Waals surface area contributed by atoms with Crippen LogP contribution in [0.1, 0.15) is 19.8 Å². The lowest BCUT2D eigenvalue weighted by Crippen LogP contribution is -2.39. The van der Waals surface area contributed by atoms with Gasteiger partial charge in [0.1, 0.15) is 0 Å². The Labute approximate surface area is 128 Å². The summed E-state index contributed by atoms with van der Waals surface area (Å²) in [4.78, 5) is 6.78. The number of hydrogen-bond acceptors (Lipinski definition) is 3. The summed E-state index contributed by atoms with van der Waals surface area (Å²) in [6, 6.07) is 0.652. The maximum atomic E-state index is 5.04. The van der Waals surface area contributed by atoms with Crippen molar-refractivity contribution in [1.82, 2.24) is 15.5 Å². The molecule has 0 aromatic carbocycles. The molecule has 6 heteroatoms. The highest BCUT2D eigenvalue weighted by Gasteiger charge is 2.21. The number of rotatable bonds is 8. The van der Waals surface area contributed by atoms with Gasteiger partial charge in [0.2, 0.25) is 0 Å². The molecule has 0 heterocycles. The number of guanidine groups is 1. The van der Waals surface area contributed by atoms with Crippen molar-refractivity contribution in [3.8, 4) is 0 Å². The molecule has 0 atom stereocenters. The summed E-state index contributed by atoms with van der Waals surface area (Å²) in [6.45, 7) is 6.53. The van der Waals surface area contributed by atoms with Gasteiger partial charge in [-0.3, -0.25) is 4.99 Å². The third-order valence-electron chi connectivity index (χ3n) is 2.69. The number of likely N-dealkylation sites (N-methyl/N-ethyl adjacent to an activating group) is 1. The fourth-order valence-electron chi connectivity index (χ4n) is 1.43. The van der Waals surface area contributed by atoms with E-state index in [1.54, 1.807) is 7.11 Å². The minimum Gasteiger partial charge on any atom is -0.383 e. The summed E-state index contributed by atoms with van der Waals surface area (Å²) >= 11 is 0. The molecule has 0 bridgehead atoms. The fourth-order valence-corrected chi connectivity index (χ4v) is 1.43. The summed E-state index contributed by atoms with van der Waals surface area (Å²) < 4.78 is 5.04. The van der Waals surface area contributed by atoms with E-state index in [9.17, 15) is 0 Å². The highest BCUT2D eigenvalue weighted by molar-refractivity contribution is 14.0. The van der Waals surface area contributed by atoms with Crippen LogP contribution < -0.4 is 10.6 Å². The van der Waals surface area contributed by atoms with E-state index < -0.39 is 0 Å². The molecule has 5 nitrogen and oxygen atoms in total. The lowest BCUT2D eigenvalue weighted by Gasteiger charge is -2.15. The Morgan fingerprint density at radius 1 is 1.39 bits per heavy atom. The van der Waals surface area contributed by atoms with Gasteiger partial charge in [-0.25, -0.2) is 0 Å². The first-order valence-corrected chi connectivity index (χ1v) is 6.48. The lowest BCUT2D eigenvalue weighted by molar-refractivity contribution is 0.163. The molecule has 1 saturated carbocycles. The van der Waals surface area contributed by atoms with Gasteiger partial charge in [-0.2, -0.15) is 0 Å². The molecule has 1 rings (SSSR count). The normalized spacial score (nSPS) is 15.4. The summed E-state index contributed by atoms with van der Waals surface area (Å²) in [5.41, 5.74) is 0. The van der Waals surface area contributed by atoms with Crippen LogP contribution in [-0.4, -0.2) is 63.8 Å². The standard InChI is InChI=1S/C12H26N4O.HI/c1-4-13-12(15-11-5-6-11)14-7-8-16(2)9-10-17-3;/h11H,4-10H2,1-3H3,(H2,13,14,15);1H. The Bertz CT molecular complexity index is 234. The minimum absolute atomic E-state index is 0. The van der Waals surface area contributed by atoms with E-state index in [4.69, 9.17) is 4.74 Å². The van der Waals surface area contributed by atoms with Crippen molar-refractivity contribution in [2.75, 3.05) is 46.9 Å². The smallest absolute Gasteiger partial charge is 0.191 e. The molecule has 0 amide bonds. The van der Waals surface area contributed by atoms with Crippen LogP contribution in [0.5, 0.6) is 0 Å². The van der Waals surface area contributed by atoms with Crippen molar-refractivity contribution in [1.29, 1.82) is 0 Å². The number of aliphatic imine (C=N–C) groups is 1. The Morgan fingerprint density at radius 3 is 2.67 bits per heavy atom. The van der Waals surface area contributed by atoms with Gasteiger partial charge in [-0.05, 0) is 26.8 Å². The molecule has 1 fully saturated rings. The van der Waals surface area contributed by atoms with Crippen molar-refractivity contribution < 1.29 is 4.74 Å². The number of nitrogens with zero attached hydrogens (tertiary/aromatic N) is 2. The summed E-state index contributed by atoms with van der Waals surface area (Å²) in [5, 5.41) is 6.67. The molecule has 1 aliphatic carbocycles. The second kappa shape index (κ2) is 10.8. The second-order valence-corrected chi connectivity index (χ2v) is 4.48. The lowest BCUT2D eigenvalue weighted by atomic mass is 10.5. The highest BCUT2D eigenvalue weighted by Crippen LogP contribution is 2.18. The predicted octanol–water partition coefficient (Wildman–Crippen LogP) is 0.900. The first-order valence-electron chi connectivity index (χ1n) is 6.48. The largest absolute Gasteiger partial charge is 0.383 e. The van der Waals surface area contributed by atoms with Crippen molar-refractivity contribution >= 4 is 29.9 Å². The van der Waals surface area contributed by atoms with Gasteiger partial charge in [-0.15, -0.1) is 24.0 Å². The van der Waals surface area contributed by atoms with Gasteiger partial charge < -0.3 is 20.3 Å². The summed E-state index contributed by atoms with van der Waals surface area (Å²) in [6.07, 6.45) is 2.55. The Kier molecular flexibility index (Phi) is 10.8. The first-order chi connectivity index (χ1) is 8.26. The van der Waals surface area contributed by atoms with E-state index in [1.165, 1.54) is 12.8 Å². The maximum Gasteiger partial charge on any atom is 0.191 e. The van der Waals surface area contributed by atoms with Crippen LogP contribution in [0, 0.1) is 0 Å². The average Bonchev–Trinajstić information content (AvgIpc) is 3.10. The molecule has 0 aliphatic heterocycles. The molecule has 2 N–H and O–H groups in total. The van der Waals surface area contributed by atoms with Crippen molar-refractivity contribution in [3.05, 3.63) is 0 Å². The van der Waals surface area contributed by atoms with Gasteiger partial charge in [0, 0.05) is 32.8 Å². The topological polar surface area (TPSA) is 48.9 Å². The second-order valence-electron chi connectivity index (χ2n) is 4.48. The molecule has 0 spiro atoms. The van der Waals surface area contributed by atoms with Crippen LogP contribution in [0.25, 0.3) is 0 Å². The van der Waals surface area contributed by atoms with Gasteiger partial charge in [0.25, 0.3) is 0 Å². The number of halogens is 1. The molecular formula is C12H27IN4O. The molecule has 18 heavy (non-hydrogen) atoms. The van der Waals surface area contributed by atoms with E-state index in [0.29, 0.717) is 6.04 Å². The zero-order valence-corrected chi connectivity index (χ0v) is 14.1. The Morgan fingerprint density at radius 2 is 2.11 bits per heavy atom. The van der Waals surface area contributed by atoms with Crippen molar-refractivity contribution in [2.24, 2.45) is 4.99 Å². The van der Waals surface area contributed by atoms with Crippen molar-refractivity contribution in [3.63, 3.8) is 0 Å². The van der Waals surface area contributed by atoms with E-state index in [0.717, 1.165) is 38.7 Å². The summed E-state index contributed by atoms with van der Waals surface area (Å²) in [7, 11) is 3.82. The van der Waals surface area contributed by atoms with Gasteiger partial charge in [0.05, 0.1) is 13.2 Å². The number of ether oxygens (including phenoxy) is 1. The molecule has 1 aliphatic rings. The SMILES string of the molecule is CCNC(=NCCN(C)CCOC)NC1CC1.I. The Balaban J connectivity index is 0.00000289.